The fourth-order valence-electron chi connectivity index (χ4n) is 3.30. The van der Waals surface area contributed by atoms with Gasteiger partial charge in [0.25, 0.3) is 5.91 Å². The monoisotopic (exact) mass is 310 g/mol. The van der Waals surface area contributed by atoms with Crippen molar-refractivity contribution in [1.29, 1.82) is 0 Å². The van der Waals surface area contributed by atoms with E-state index in [0.29, 0.717) is 5.56 Å². The van der Waals surface area contributed by atoms with Crippen LogP contribution in [0.25, 0.3) is 0 Å². The number of hydrogen-bond donors (Lipinski definition) is 2. The van der Waals surface area contributed by atoms with Gasteiger partial charge in [0.1, 0.15) is 0 Å². The molecule has 4 nitrogen and oxygen atoms in total. The second kappa shape index (κ2) is 6.94. The molecular formula is C19H22N2O2. The minimum absolute atomic E-state index is 0.0172. The predicted octanol–water partition coefficient (Wildman–Crippen LogP) is 2.14. The van der Waals surface area contributed by atoms with Crippen LogP contribution in [-0.2, 0) is 13.0 Å². The highest BCUT2D eigenvalue weighted by Gasteiger charge is 2.26. The summed E-state index contributed by atoms with van der Waals surface area (Å²) in [6.45, 7) is 1.74. The van der Waals surface area contributed by atoms with Crippen molar-refractivity contribution in [3.63, 3.8) is 0 Å². The molecule has 120 valence electrons. The highest BCUT2D eigenvalue weighted by Crippen LogP contribution is 2.30. The summed E-state index contributed by atoms with van der Waals surface area (Å²) in [7, 11) is 1.64. The Balaban J connectivity index is 1.82. The average Bonchev–Trinajstić information content (AvgIpc) is 2.61. The van der Waals surface area contributed by atoms with Crippen LogP contribution in [0.4, 0.5) is 0 Å². The Kier molecular flexibility index (Phi) is 4.74. The maximum absolute atomic E-state index is 11.8. The fourth-order valence-corrected chi connectivity index (χ4v) is 3.30. The molecule has 23 heavy (non-hydrogen) atoms. The first kappa shape index (κ1) is 15.7. The third kappa shape index (κ3) is 3.28. The molecule has 2 N–H and O–H groups in total. The van der Waals surface area contributed by atoms with E-state index in [1.165, 1.54) is 11.1 Å². The van der Waals surface area contributed by atoms with Crippen LogP contribution in [0.1, 0.15) is 33.1 Å². The first-order valence-electron chi connectivity index (χ1n) is 7.96. The van der Waals surface area contributed by atoms with Crippen molar-refractivity contribution in [3.8, 4) is 0 Å². The van der Waals surface area contributed by atoms with E-state index in [9.17, 15) is 9.90 Å². The van der Waals surface area contributed by atoms with E-state index in [2.05, 4.69) is 28.4 Å². The average molecular weight is 310 g/mol. The molecule has 0 fully saturated rings. The zero-order chi connectivity index (χ0) is 16.2. The van der Waals surface area contributed by atoms with Crippen molar-refractivity contribution in [2.45, 2.75) is 19.0 Å². The third-order valence-corrected chi connectivity index (χ3v) is 4.50. The zero-order valence-electron chi connectivity index (χ0n) is 13.3. The van der Waals surface area contributed by atoms with Gasteiger partial charge >= 0.3 is 0 Å². The van der Waals surface area contributed by atoms with Crippen molar-refractivity contribution in [2.75, 3.05) is 20.2 Å². The number of nitrogens with one attached hydrogen (secondary N) is 1. The van der Waals surface area contributed by atoms with Crippen LogP contribution in [0.3, 0.4) is 0 Å². The maximum atomic E-state index is 11.8. The van der Waals surface area contributed by atoms with E-state index in [1.807, 2.05) is 30.3 Å². The van der Waals surface area contributed by atoms with E-state index in [4.69, 9.17) is 0 Å². The van der Waals surface area contributed by atoms with Crippen LogP contribution in [0.2, 0.25) is 0 Å². The molecule has 3 rings (SSSR count). The molecule has 1 heterocycles. The molecular weight excluding hydrogens is 288 g/mol. The van der Waals surface area contributed by atoms with Crippen LogP contribution in [-0.4, -0.2) is 36.1 Å². The molecule has 1 unspecified atom stereocenters. The standard InChI is InChI=1S/C19H22N2O2/c1-20-19(23)16-7-4-5-14(11-16)12-21-10-9-15-6-2-3-8-17(15)18(21)13-22/h2-8,11,18,22H,9-10,12-13H2,1H3,(H,20,23). The Bertz CT molecular complexity index is 699. The van der Waals surface area contributed by atoms with Gasteiger partial charge in [-0.25, -0.2) is 0 Å². The Morgan fingerprint density at radius 3 is 2.87 bits per heavy atom. The first-order chi connectivity index (χ1) is 11.2. The quantitative estimate of drug-likeness (QED) is 0.910. The van der Waals surface area contributed by atoms with Crippen LogP contribution >= 0.6 is 0 Å². The first-order valence-corrected chi connectivity index (χ1v) is 7.96. The summed E-state index contributed by atoms with van der Waals surface area (Å²) in [4.78, 5) is 14.1. The molecule has 0 aromatic heterocycles. The molecule has 4 heteroatoms. The molecule has 0 bridgehead atoms. The Labute approximate surface area is 136 Å². The number of rotatable bonds is 4. The van der Waals surface area contributed by atoms with E-state index < -0.39 is 0 Å². The summed E-state index contributed by atoms with van der Waals surface area (Å²) in [5, 5.41) is 12.5. The summed E-state index contributed by atoms with van der Waals surface area (Å²) < 4.78 is 0. The topological polar surface area (TPSA) is 52.6 Å². The van der Waals surface area contributed by atoms with E-state index in [1.54, 1.807) is 7.05 Å². The largest absolute Gasteiger partial charge is 0.394 e. The van der Waals surface area contributed by atoms with Gasteiger partial charge in [-0.15, -0.1) is 0 Å². The molecule has 1 atom stereocenters. The van der Waals surface area contributed by atoms with Crippen molar-refractivity contribution in [3.05, 3.63) is 70.8 Å². The molecule has 1 amide bonds. The SMILES string of the molecule is CNC(=O)c1cccc(CN2CCc3ccccc3C2CO)c1. The number of aliphatic hydroxyl groups is 1. The maximum Gasteiger partial charge on any atom is 0.251 e. The second-order valence-electron chi connectivity index (χ2n) is 5.90. The lowest BCUT2D eigenvalue weighted by Gasteiger charge is -2.36. The molecule has 1 aliphatic rings. The minimum Gasteiger partial charge on any atom is -0.394 e. The van der Waals surface area contributed by atoms with Crippen LogP contribution in [0, 0.1) is 0 Å². The molecule has 0 aliphatic carbocycles. The Morgan fingerprint density at radius 2 is 2.09 bits per heavy atom. The third-order valence-electron chi connectivity index (χ3n) is 4.50. The highest BCUT2D eigenvalue weighted by atomic mass is 16.3. The van der Waals surface area contributed by atoms with Gasteiger partial charge in [0.2, 0.25) is 0 Å². The number of hydrogen-bond acceptors (Lipinski definition) is 3. The van der Waals surface area contributed by atoms with E-state index in [0.717, 1.165) is 25.1 Å². The smallest absolute Gasteiger partial charge is 0.251 e. The van der Waals surface area contributed by atoms with Crippen LogP contribution < -0.4 is 5.32 Å². The molecule has 0 radical (unpaired) electrons. The van der Waals surface area contributed by atoms with E-state index >= 15 is 0 Å². The van der Waals surface area contributed by atoms with Gasteiger partial charge in [-0.05, 0) is 35.2 Å². The number of fused-ring (bicyclic) bond motifs is 1. The number of carbonyl (C=O) groups excluding carboxylic acids is 1. The molecule has 2 aromatic carbocycles. The molecule has 2 aromatic rings. The van der Waals surface area contributed by atoms with Gasteiger partial charge in [-0.3, -0.25) is 9.69 Å². The summed E-state index contributed by atoms with van der Waals surface area (Å²) in [6, 6.07) is 16.0. The van der Waals surface area contributed by atoms with Crippen molar-refractivity contribution in [1.82, 2.24) is 10.2 Å². The van der Waals surface area contributed by atoms with Gasteiger partial charge in [0.05, 0.1) is 12.6 Å². The van der Waals surface area contributed by atoms with Crippen molar-refractivity contribution >= 4 is 5.91 Å². The molecule has 0 saturated carbocycles. The lowest BCUT2D eigenvalue weighted by molar-refractivity contribution is 0.0961. The zero-order valence-corrected chi connectivity index (χ0v) is 13.3. The summed E-state index contributed by atoms with van der Waals surface area (Å²) in [5.41, 5.74) is 4.29. The summed E-state index contributed by atoms with van der Waals surface area (Å²) in [5.74, 6) is -0.0745. The highest BCUT2D eigenvalue weighted by molar-refractivity contribution is 5.94. The van der Waals surface area contributed by atoms with Crippen molar-refractivity contribution in [2.24, 2.45) is 0 Å². The molecule has 0 spiro atoms. The lowest BCUT2D eigenvalue weighted by Crippen LogP contribution is -2.36. The number of amides is 1. The van der Waals surface area contributed by atoms with Gasteiger partial charge in [0.15, 0.2) is 0 Å². The predicted molar refractivity (Wildman–Crippen MR) is 90.2 cm³/mol. The minimum atomic E-state index is -0.0745. The van der Waals surface area contributed by atoms with Crippen LogP contribution in [0.15, 0.2) is 48.5 Å². The Hall–Kier alpha value is -2.17. The number of nitrogens with zero attached hydrogens (tertiary/aromatic N) is 1. The normalized spacial score (nSPS) is 17.6. The van der Waals surface area contributed by atoms with Crippen molar-refractivity contribution < 1.29 is 9.90 Å². The van der Waals surface area contributed by atoms with Crippen LogP contribution in [0.5, 0.6) is 0 Å². The lowest BCUT2D eigenvalue weighted by atomic mass is 9.92. The number of benzene rings is 2. The van der Waals surface area contributed by atoms with Gasteiger partial charge in [0, 0.05) is 25.7 Å². The molecule has 1 aliphatic heterocycles. The second-order valence-corrected chi connectivity index (χ2v) is 5.90. The Morgan fingerprint density at radius 1 is 1.26 bits per heavy atom. The fraction of sp³-hybridized carbons (Fsp3) is 0.316. The van der Waals surface area contributed by atoms with E-state index in [-0.39, 0.29) is 18.6 Å². The summed E-state index contributed by atoms with van der Waals surface area (Å²) >= 11 is 0. The number of aliphatic hydroxyl groups excluding tert-OH is 1. The van der Waals surface area contributed by atoms with Gasteiger partial charge in [-0.2, -0.15) is 0 Å². The van der Waals surface area contributed by atoms with Gasteiger partial charge in [-0.1, -0.05) is 36.4 Å². The number of carbonyl (C=O) groups is 1. The summed E-state index contributed by atoms with van der Waals surface area (Å²) in [6.07, 6.45) is 0.988. The molecule has 0 saturated heterocycles. The van der Waals surface area contributed by atoms with Gasteiger partial charge < -0.3 is 10.4 Å².